The number of nitrogens with two attached hydrogens (primary N) is 1. The van der Waals surface area contributed by atoms with Gasteiger partial charge in [0.2, 0.25) is 0 Å². The summed E-state index contributed by atoms with van der Waals surface area (Å²) in [6.07, 6.45) is 0. The van der Waals surface area contributed by atoms with Crippen molar-refractivity contribution in [1.29, 1.82) is 0 Å². The van der Waals surface area contributed by atoms with Gasteiger partial charge < -0.3 is 11.1 Å². The van der Waals surface area contributed by atoms with Crippen LogP contribution in [0.15, 0.2) is 18.2 Å². The molecule has 1 aromatic carbocycles. The minimum atomic E-state index is -0.225. The number of benzene rings is 1. The van der Waals surface area contributed by atoms with Crippen molar-refractivity contribution in [3.05, 3.63) is 41.0 Å². The molecule has 0 fully saturated rings. The molecule has 0 saturated carbocycles. The van der Waals surface area contributed by atoms with Gasteiger partial charge in [0.05, 0.1) is 0 Å². The van der Waals surface area contributed by atoms with Crippen LogP contribution in [0.4, 0.5) is 21.7 Å². The van der Waals surface area contributed by atoms with E-state index in [1.807, 2.05) is 20.8 Å². The van der Waals surface area contributed by atoms with E-state index in [4.69, 9.17) is 5.73 Å². The maximum Gasteiger partial charge on any atom is 0.139 e. The molecule has 0 amide bonds. The van der Waals surface area contributed by atoms with Crippen molar-refractivity contribution in [2.45, 2.75) is 33.6 Å². The summed E-state index contributed by atoms with van der Waals surface area (Å²) in [5.41, 5.74) is 8.06. The van der Waals surface area contributed by atoms with E-state index in [-0.39, 0.29) is 11.7 Å². The highest BCUT2D eigenvalue weighted by Crippen LogP contribution is 2.25. The van der Waals surface area contributed by atoms with Crippen LogP contribution in [-0.2, 0) is 0 Å². The van der Waals surface area contributed by atoms with Crippen LogP contribution in [-0.4, -0.2) is 9.97 Å². The molecule has 0 bridgehead atoms. The van der Waals surface area contributed by atoms with E-state index in [2.05, 4.69) is 15.3 Å². The minimum Gasteiger partial charge on any atom is -0.383 e. The maximum absolute atomic E-state index is 13.3. The molecule has 3 N–H and O–H groups in total. The van der Waals surface area contributed by atoms with Gasteiger partial charge in [0, 0.05) is 17.2 Å². The van der Waals surface area contributed by atoms with Crippen molar-refractivity contribution < 1.29 is 4.39 Å². The highest BCUT2D eigenvalue weighted by molar-refractivity contribution is 5.64. The molecule has 0 radical (unpaired) electrons. The zero-order chi connectivity index (χ0) is 14.9. The van der Waals surface area contributed by atoms with Crippen LogP contribution < -0.4 is 11.1 Å². The van der Waals surface area contributed by atoms with Gasteiger partial charge in [-0.1, -0.05) is 13.8 Å². The molecule has 106 valence electrons. The molecule has 0 spiro atoms. The molecule has 0 aliphatic carbocycles. The molecule has 20 heavy (non-hydrogen) atoms. The summed E-state index contributed by atoms with van der Waals surface area (Å²) in [6, 6.07) is 4.85. The summed E-state index contributed by atoms with van der Waals surface area (Å²) in [7, 11) is 0. The summed E-state index contributed by atoms with van der Waals surface area (Å²) >= 11 is 0. The first-order chi connectivity index (χ1) is 9.38. The highest BCUT2D eigenvalue weighted by atomic mass is 19.1. The Hall–Kier alpha value is -2.17. The van der Waals surface area contributed by atoms with Gasteiger partial charge in [-0.25, -0.2) is 14.4 Å². The van der Waals surface area contributed by atoms with Crippen molar-refractivity contribution in [2.75, 3.05) is 11.1 Å². The van der Waals surface area contributed by atoms with Crippen molar-refractivity contribution in [3.63, 3.8) is 0 Å². The number of rotatable bonds is 3. The number of aromatic nitrogens is 2. The summed E-state index contributed by atoms with van der Waals surface area (Å²) in [4.78, 5) is 8.76. The third kappa shape index (κ3) is 2.87. The Morgan fingerprint density at radius 1 is 1.20 bits per heavy atom. The molecular weight excluding hydrogens is 255 g/mol. The second-order valence-electron chi connectivity index (χ2n) is 5.18. The Balaban J connectivity index is 2.39. The number of hydrogen-bond donors (Lipinski definition) is 2. The average Bonchev–Trinajstić information content (AvgIpc) is 2.38. The number of halogens is 1. The highest BCUT2D eigenvalue weighted by Gasteiger charge is 2.11. The largest absolute Gasteiger partial charge is 0.383 e. The van der Waals surface area contributed by atoms with Gasteiger partial charge >= 0.3 is 0 Å². The molecule has 0 aliphatic heterocycles. The molecule has 5 heteroatoms. The van der Waals surface area contributed by atoms with E-state index in [0.717, 1.165) is 11.3 Å². The second kappa shape index (κ2) is 5.45. The van der Waals surface area contributed by atoms with E-state index in [0.29, 0.717) is 23.0 Å². The monoisotopic (exact) mass is 274 g/mol. The lowest BCUT2D eigenvalue weighted by Gasteiger charge is -2.14. The average molecular weight is 274 g/mol. The van der Waals surface area contributed by atoms with E-state index in [9.17, 15) is 4.39 Å². The van der Waals surface area contributed by atoms with Gasteiger partial charge in [-0.2, -0.15) is 0 Å². The lowest BCUT2D eigenvalue weighted by Crippen LogP contribution is -2.08. The van der Waals surface area contributed by atoms with Crippen LogP contribution in [0.5, 0.6) is 0 Å². The third-order valence-corrected chi connectivity index (χ3v) is 3.14. The Labute approximate surface area is 118 Å². The minimum absolute atomic E-state index is 0.188. The molecule has 0 aliphatic rings. The molecule has 1 heterocycles. The van der Waals surface area contributed by atoms with Gasteiger partial charge in [-0.05, 0) is 37.6 Å². The van der Waals surface area contributed by atoms with E-state index in [1.54, 1.807) is 19.1 Å². The first-order valence-corrected chi connectivity index (χ1v) is 6.55. The molecule has 2 rings (SSSR count). The van der Waals surface area contributed by atoms with Crippen LogP contribution in [0.3, 0.4) is 0 Å². The molecule has 2 aromatic rings. The number of nitrogens with zero attached hydrogens (tertiary/aromatic N) is 2. The fourth-order valence-electron chi connectivity index (χ4n) is 1.79. The quantitative estimate of drug-likeness (QED) is 0.896. The number of aryl methyl sites for hydroxylation is 1. The second-order valence-corrected chi connectivity index (χ2v) is 5.18. The topological polar surface area (TPSA) is 63.8 Å². The first-order valence-electron chi connectivity index (χ1n) is 6.55. The Morgan fingerprint density at radius 3 is 2.50 bits per heavy atom. The lowest BCUT2D eigenvalue weighted by atomic mass is 10.2. The van der Waals surface area contributed by atoms with Crippen molar-refractivity contribution in [1.82, 2.24) is 9.97 Å². The predicted octanol–water partition coefficient (Wildman–Crippen LogP) is 3.68. The molecule has 0 saturated heterocycles. The Kier molecular flexibility index (Phi) is 3.88. The number of nitrogen functional groups attached to an aromatic ring is 1. The Morgan fingerprint density at radius 2 is 1.90 bits per heavy atom. The molecule has 1 aromatic heterocycles. The SMILES string of the molecule is Cc1cc(Nc2nc(C(C)C)nc(N)c2C)ccc1F. The van der Waals surface area contributed by atoms with E-state index < -0.39 is 0 Å². The van der Waals surface area contributed by atoms with E-state index >= 15 is 0 Å². The predicted molar refractivity (Wildman–Crippen MR) is 79.7 cm³/mol. The molecule has 0 atom stereocenters. The molecular formula is C15H19FN4. The zero-order valence-electron chi connectivity index (χ0n) is 12.2. The smallest absolute Gasteiger partial charge is 0.139 e. The normalized spacial score (nSPS) is 10.9. The molecule has 0 unspecified atom stereocenters. The standard InChI is InChI=1S/C15H19FN4/c1-8(2)14-19-13(17)10(4)15(20-14)18-11-5-6-12(16)9(3)7-11/h5-8H,1-4H3,(H3,17,18,19,20). The lowest BCUT2D eigenvalue weighted by molar-refractivity contribution is 0.619. The van der Waals surface area contributed by atoms with Gasteiger partial charge in [0.15, 0.2) is 0 Å². The van der Waals surface area contributed by atoms with Gasteiger partial charge in [-0.15, -0.1) is 0 Å². The molecule has 4 nitrogen and oxygen atoms in total. The van der Waals surface area contributed by atoms with Crippen LogP contribution in [0, 0.1) is 19.7 Å². The first kappa shape index (κ1) is 14.2. The van der Waals surface area contributed by atoms with Gasteiger partial charge in [0.1, 0.15) is 23.3 Å². The van der Waals surface area contributed by atoms with Crippen LogP contribution >= 0.6 is 0 Å². The Bertz CT molecular complexity index is 638. The van der Waals surface area contributed by atoms with Gasteiger partial charge in [-0.3, -0.25) is 0 Å². The zero-order valence-corrected chi connectivity index (χ0v) is 12.2. The number of anilines is 3. The maximum atomic E-state index is 13.3. The van der Waals surface area contributed by atoms with Crippen molar-refractivity contribution >= 4 is 17.3 Å². The number of hydrogen-bond acceptors (Lipinski definition) is 4. The fourth-order valence-corrected chi connectivity index (χ4v) is 1.79. The van der Waals surface area contributed by atoms with Crippen LogP contribution in [0.2, 0.25) is 0 Å². The summed E-state index contributed by atoms with van der Waals surface area (Å²) in [5, 5.41) is 3.18. The number of nitrogens with one attached hydrogen (secondary N) is 1. The summed E-state index contributed by atoms with van der Waals surface area (Å²) < 4.78 is 13.3. The summed E-state index contributed by atoms with van der Waals surface area (Å²) in [6.45, 7) is 7.60. The van der Waals surface area contributed by atoms with Crippen molar-refractivity contribution in [3.8, 4) is 0 Å². The van der Waals surface area contributed by atoms with Crippen LogP contribution in [0.1, 0.15) is 36.7 Å². The fraction of sp³-hybridized carbons (Fsp3) is 0.333. The van der Waals surface area contributed by atoms with Crippen LogP contribution in [0.25, 0.3) is 0 Å². The van der Waals surface area contributed by atoms with Gasteiger partial charge in [0.25, 0.3) is 0 Å². The summed E-state index contributed by atoms with van der Waals surface area (Å²) in [5.74, 6) is 1.78. The van der Waals surface area contributed by atoms with Crippen molar-refractivity contribution in [2.24, 2.45) is 0 Å². The van der Waals surface area contributed by atoms with E-state index in [1.165, 1.54) is 6.07 Å². The third-order valence-electron chi connectivity index (χ3n) is 3.14.